The molecule has 116 valence electrons. The quantitative estimate of drug-likeness (QED) is 0.740. The fourth-order valence-electron chi connectivity index (χ4n) is 3.40. The van der Waals surface area contributed by atoms with E-state index in [1.807, 2.05) is 47.4 Å². The summed E-state index contributed by atoms with van der Waals surface area (Å²) in [5.41, 5.74) is 2.67. The molecule has 1 atom stereocenters. The molecule has 4 nitrogen and oxygen atoms in total. The van der Waals surface area contributed by atoms with Crippen LogP contribution in [0.25, 0.3) is 11.0 Å². The lowest BCUT2D eigenvalue weighted by Crippen LogP contribution is -2.31. The average Bonchev–Trinajstić information content (AvgIpc) is 3.23. The van der Waals surface area contributed by atoms with E-state index in [0.717, 1.165) is 36.0 Å². The van der Waals surface area contributed by atoms with Crippen molar-refractivity contribution in [1.29, 1.82) is 0 Å². The van der Waals surface area contributed by atoms with E-state index in [0.29, 0.717) is 6.42 Å². The van der Waals surface area contributed by atoms with Gasteiger partial charge in [0.15, 0.2) is 5.58 Å². The zero-order valence-electron chi connectivity index (χ0n) is 12.8. The van der Waals surface area contributed by atoms with E-state index >= 15 is 0 Å². The van der Waals surface area contributed by atoms with E-state index in [2.05, 4.69) is 17.3 Å². The molecule has 0 unspecified atom stereocenters. The summed E-state index contributed by atoms with van der Waals surface area (Å²) in [7, 11) is 0. The molecule has 1 aliphatic rings. The molecule has 3 aromatic rings. The van der Waals surface area contributed by atoms with Crippen molar-refractivity contribution in [3.63, 3.8) is 0 Å². The standard InChI is InChI=1S/C19H18N2O2/c22-19(13-16-15-9-4-5-11-18(15)23-20-16)21-12-6-10-17(21)14-7-2-1-3-8-14/h1-5,7-9,11,17H,6,10,12-13H2/t17-/m0/s1. The molecule has 0 bridgehead atoms. The Morgan fingerprint density at radius 2 is 1.91 bits per heavy atom. The highest BCUT2D eigenvalue weighted by atomic mass is 16.5. The Hall–Kier alpha value is -2.62. The van der Waals surface area contributed by atoms with Gasteiger partial charge < -0.3 is 9.42 Å². The van der Waals surface area contributed by atoms with E-state index in [4.69, 9.17) is 4.52 Å². The first-order valence-electron chi connectivity index (χ1n) is 8.00. The van der Waals surface area contributed by atoms with Gasteiger partial charge in [0.1, 0.15) is 5.69 Å². The molecule has 0 saturated carbocycles. The topological polar surface area (TPSA) is 46.3 Å². The molecule has 4 heteroatoms. The SMILES string of the molecule is O=C(Cc1noc2ccccc12)N1CCC[C@H]1c1ccccc1. The van der Waals surface area contributed by atoms with Gasteiger partial charge in [-0.15, -0.1) is 0 Å². The summed E-state index contributed by atoms with van der Waals surface area (Å²) in [5.74, 6) is 0.121. The number of carbonyl (C=O) groups excluding carboxylic acids is 1. The van der Waals surface area contributed by atoms with E-state index in [1.165, 1.54) is 5.56 Å². The zero-order chi connectivity index (χ0) is 15.6. The third-order valence-electron chi connectivity index (χ3n) is 4.53. The lowest BCUT2D eigenvalue weighted by Gasteiger charge is -2.25. The highest BCUT2D eigenvalue weighted by molar-refractivity contribution is 5.86. The van der Waals surface area contributed by atoms with Crippen LogP contribution in [0.5, 0.6) is 0 Å². The molecule has 2 aromatic carbocycles. The van der Waals surface area contributed by atoms with Crippen LogP contribution in [0.15, 0.2) is 59.1 Å². The minimum absolute atomic E-state index is 0.121. The highest BCUT2D eigenvalue weighted by Gasteiger charge is 2.30. The largest absolute Gasteiger partial charge is 0.356 e. The van der Waals surface area contributed by atoms with Crippen molar-refractivity contribution in [3.8, 4) is 0 Å². The Bertz CT molecular complexity index is 826. The van der Waals surface area contributed by atoms with Gasteiger partial charge in [0, 0.05) is 11.9 Å². The fraction of sp³-hybridized carbons (Fsp3) is 0.263. The number of aromatic nitrogens is 1. The Morgan fingerprint density at radius 3 is 2.78 bits per heavy atom. The van der Waals surface area contributed by atoms with Crippen molar-refractivity contribution >= 4 is 16.9 Å². The van der Waals surface area contributed by atoms with E-state index in [-0.39, 0.29) is 11.9 Å². The van der Waals surface area contributed by atoms with Crippen LogP contribution in [0.1, 0.15) is 30.1 Å². The maximum Gasteiger partial charge on any atom is 0.229 e. The van der Waals surface area contributed by atoms with Crippen LogP contribution in [-0.2, 0) is 11.2 Å². The third-order valence-corrected chi connectivity index (χ3v) is 4.53. The van der Waals surface area contributed by atoms with Crippen molar-refractivity contribution in [2.45, 2.75) is 25.3 Å². The van der Waals surface area contributed by atoms with Gasteiger partial charge in [-0.2, -0.15) is 0 Å². The number of carbonyl (C=O) groups is 1. The van der Waals surface area contributed by atoms with Gasteiger partial charge in [-0.25, -0.2) is 0 Å². The molecular weight excluding hydrogens is 288 g/mol. The Kier molecular flexibility index (Phi) is 3.58. The summed E-state index contributed by atoms with van der Waals surface area (Å²) in [6.45, 7) is 0.814. The van der Waals surface area contributed by atoms with Crippen LogP contribution in [0.2, 0.25) is 0 Å². The summed E-state index contributed by atoms with van der Waals surface area (Å²) in [5, 5.41) is 5.01. The first-order valence-corrected chi connectivity index (χ1v) is 8.00. The number of benzene rings is 2. The molecule has 1 fully saturated rings. The number of amides is 1. The molecule has 1 aromatic heterocycles. The van der Waals surface area contributed by atoms with Gasteiger partial charge in [-0.1, -0.05) is 47.6 Å². The molecule has 4 rings (SSSR count). The summed E-state index contributed by atoms with van der Waals surface area (Å²) in [6, 6.07) is 18.1. The number of fused-ring (bicyclic) bond motifs is 1. The molecule has 2 heterocycles. The Balaban J connectivity index is 1.56. The highest BCUT2D eigenvalue weighted by Crippen LogP contribution is 2.32. The second kappa shape index (κ2) is 5.88. The lowest BCUT2D eigenvalue weighted by atomic mass is 10.0. The number of nitrogens with zero attached hydrogens (tertiary/aromatic N) is 2. The van der Waals surface area contributed by atoms with Gasteiger partial charge in [0.2, 0.25) is 5.91 Å². The molecule has 1 aliphatic heterocycles. The van der Waals surface area contributed by atoms with Crippen LogP contribution in [0.4, 0.5) is 0 Å². The third kappa shape index (κ3) is 2.61. The van der Waals surface area contributed by atoms with Crippen LogP contribution in [-0.4, -0.2) is 22.5 Å². The Morgan fingerprint density at radius 1 is 1.13 bits per heavy atom. The van der Waals surface area contributed by atoms with E-state index in [1.54, 1.807) is 0 Å². The van der Waals surface area contributed by atoms with Gasteiger partial charge in [0.05, 0.1) is 12.5 Å². The summed E-state index contributed by atoms with van der Waals surface area (Å²) in [6.07, 6.45) is 2.36. The fourth-order valence-corrected chi connectivity index (χ4v) is 3.40. The second-order valence-corrected chi connectivity index (χ2v) is 5.96. The first-order chi connectivity index (χ1) is 11.3. The number of para-hydroxylation sites is 1. The number of rotatable bonds is 3. The van der Waals surface area contributed by atoms with Crippen LogP contribution in [0.3, 0.4) is 0 Å². The summed E-state index contributed by atoms with van der Waals surface area (Å²) in [4.78, 5) is 14.8. The zero-order valence-corrected chi connectivity index (χ0v) is 12.8. The van der Waals surface area contributed by atoms with Gasteiger partial charge in [-0.05, 0) is 30.5 Å². The number of hydrogen-bond donors (Lipinski definition) is 0. The number of likely N-dealkylation sites (tertiary alicyclic amines) is 1. The molecule has 0 spiro atoms. The smallest absolute Gasteiger partial charge is 0.229 e. The monoisotopic (exact) mass is 306 g/mol. The van der Waals surface area contributed by atoms with Crippen molar-refractivity contribution in [3.05, 3.63) is 65.9 Å². The average molecular weight is 306 g/mol. The van der Waals surface area contributed by atoms with E-state index in [9.17, 15) is 4.79 Å². The minimum atomic E-state index is 0.121. The van der Waals surface area contributed by atoms with Crippen molar-refractivity contribution in [2.75, 3.05) is 6.54 Å². The van der Waals surface area contributed by atoms with Crippen LogP contribution >= 0.6 is 0 Å². The van der Waals surface area contributed by atoms with Crippen molar-refractivity contribution in [2.24, 2.45) is 0 Å². The molecule has 1 saturated heterocycles. The van der Waals surface area contributed by atoms with Gasteiger partial charge in [-0.3, -0.25) is 4.79 Å². The molecule has 0 N–H and O–H groups in total. The summed E-state index contributed by atoms with van der Waals surface area (Å²) < 4.78 is 5.30. The summed E-state index contributed by atoms with van der Waals surface area (Å²) >= 11 is 0. The Labute approximate surface area is 134 Å². The molecular formula is C19H18N2O2. The predicted molar refractivity (Wildman–Crippen MR) is 87.8 cm³/mol. The van der Waals surface area contributed by atoms with Crippen molar-refractivity contribution < 1.29 is 9.32 Å². The van der Waals surface area contributed by atoms with Gasteiger partial charge in [0.25, 0.3) is 0 Å². The molecule has 23 heavy (non-hydrogen) atoms. The van der Waals surface area contributed by atoms with Crippen molar-refractivity contribution in [1.82, 2.24) is 10.1 Å². The lowest BCUT2D eigenvalue weighted by molar-refractivity contribution is -0.131. The normalized spacial score (nSPS) is 17.7. The predicted octanol–water partition coefficient (Wildman–Crippen LogP) is 3.73. The molecule has 0 aliphatic carbocycles. The first kappa shape index (κ1) is 14.0. The second-order valence-electron chi connectivity index (χ2n) is 5.96. The molecule has 1 amide bonds. The molecule has 0 radical (unpaired) electrons. The number of hydrogen-bond acceptors (Lipinski definition) is 3. The maximum absolute atomic E-state index is 12.8. The van der Waals surface area contributed by atoms with E-state index < -0.39 is 0 Å². The van der Waals surface area contributed by atoms with Gasteiger partial charge >= 0.3 is 0 Å². The minimum Gasteiger partial charge on any atom is -0.356 e. The van der Waals surface area contributed by atoms with Crippen LogP contribution in [0, 0.1) is 0 Å². The van der Waals surface area contributed by atoms with Crippen LogP contribution < -0.4 is 0 Å². The maximum atomic E-state index is 12.8.